The fourth-order valence-corrected chi connectivity index (χ4v) is 3.59. The lowest BCUT2D eigenvalue weighted by Gasteiger charge is -2.20. The molecular formula is C21H18FN5O3S. The molecule has 8 nitrogen and oxygen atoms in total. The molecule has 0 spiro atoms. The molecule has 0 radical (unpaired) electrons. The van der Waals surface area contributed by atoms with Crippen LogP contribution < -0.4 is 20.8 Å². The zero-order valence-electron chi connectivity index (χ0n) is 16.2. The van der Waals surface area contributed by atoms with Gasteiger partial charge in [0.1, 0.15) is 29.9 Å². The number of nitrogens with two attached hydrogens (primary N) is 1. The monoisotopic (exact) mass is 439 g/mol. The number of anilines is 2. The third-order valence-corrected chi connectivity index (χ3v) is 5.22. The number of halogens is 1. The number of hydrazone groups is 1. The van der Waals surface area contributed by atoms with Crippen LogP contribution in [0, 0.1) is 5.82 Å². The maximum absolute atomic E-state index is 13.2. The van der Waals surface area contributed by atoms with Gasteiger partial charge in [-0.15, -0.1) is 11.3 Å². The highest BCUT2D eigenvalue weighted by atomic mass is 32.1. The minimum atomic E-state index is -0.845. The van der Waals surface area contributed by atoms with Crippen LogP contribution >= 0.6 is 11.3 Å². The Morgan fingerprint density at radius 1 is 1.23 bits per heavy atom. The van der Waals surface area contributed by atoms with E-state index in [0.717, 1.165) is 5.69 Å². The second-order valence-electron chi connectivity index (χ2n) is 6.71. The van der Waals surface area contributed by atoms with Crippen molar-refractivity contribution in [1.29, 1.82) is 0 Å². The molecule has 2 heterocycles. The number of amides is 2. The minimum Gasteiger partial charge on any atom is -0.485 e. The number of rotatable bonds is 7. The topological polar surface area (TPSA) is 110 Å². The maximum Gasteiger partial charge on any atom is 0.272 e. The van der Waals surface area contributed by atoms with Crippen molar-refractivity contribution in [2.45, 2.75) is 19.1 Å². The smallest absolute Gasteiger partial charge is 0.272 e. The minimum absolute atomic E-state index is 0.0282. The van der Waals surface area contributed by atoms with E-state index in [2.05, 4.69) is 15.4 Å². The average Bonchev–Trinajstić information content (AvgIpc) is 3.44. The molecule has 3 N–H and O–H groups in total. The molecule has 2 amide bonds. The van der Waals surface area contributed by atoms with Gasteiger partial charge >= 0.3 is 0 Å². The fraction of sp³-hybridized carbons (Fsp3) is 0.143. The summed E-state index contributed by atoms with van der Waals surface area (Å²) in [5.74, 6) is -1.07. The van der Waals surface area contributed by atoms with Gasteiger partial charge in [-0.25, -0.2) is 9.37 Å². The van der Waals surface area contributed by atoms with E-state index in [-0.39, 0.29) is 18.7 Å². The van der Waals surface area contributed by atoms with Crippen molar-refractivity contribution in [2.24, 2.45) is 10.8 Å². The first kappa shape index (κ1) is 20.5. The van der Waals surface area contributed by atoms with Crippen molar-refractivity contribution in [2.75, 3.05) is 10.3 Å². The largest absolute Gasteiger partial charge is 0.485 e. The lowest BCUT2D eigenvalue weighted by Crippen LogP contribution is -2.39. The van der Waals surface area contributed by atoms with Crippen molar-refractivity contribution in [3.63, 3.8) is 0 Å². The molecule has 1 aromatic heterocycles. The molecule has 31 heavy (non-hydrogen) atoms. The molecule has 0 aliphatic carbocycles. The van der Waals surface area contributed by atoms with Gasteiger partial charge in [0.05, 0.1) is 22.6 Å². The molecule has 1 atom stereocenters. The zero-order chi connectivity index (χ0) is 21.8. The molecule has 2 aromatic carbocycles. The Balaban J connectivity index is 1.51. The average molecular weight is 439 g/mol. The summed E-state index contributed by atoms with van der Waals surface area (Å²) in [5.41, 5.74) is 9.04. The fourth-order valence-electron chi connectivity index (χ4n) is 3.05. The molecular weight excluding hydrogens is 421 g/mol. The summed E-state index contributed by atoms with van der Waals surface area (Å²) in [5, 5.41) is 10.3. The van der Waals surface area contributed by atoms with E-state index in [9.17, 15) is 14.0 Å². The summed E-state index contributed by atoms with van der Waals surface area (Å²) < 4.78 is 19.0. The van der Waals surface area contributed by atoms with Gasteiger partial charge in [-0.2, -0.15) is 5.10 Å². The van der Waals surface area contributed by atoms with Crippen LogP contribution in [0.1, 0.15) is 12.1 Å². The van der Waals surface area contributed by atoms with E-state index >= 15 is 0 Å². The first-order valence-corrected chi connectivity index (χ1v) is 10.3. The molecule has 4 rings (SSSR count). The van der Waals surface area contributed by atoms with Crippen LogP contribution in [0.15, 0.2) is 64.5 Å². The molecule has 0 fully saturated rings. The first-order valence-electron chi connectivity index (χ1n) is 9.33. The van der Waals surface area contributed by atoms with Crippen molar-refractivity contribution < 1.29 is 18.7 Å². The van der Waals surface area contributed by atoms with Gasteiger partial charge in [0.25, 0.3) is 5.91 Å². The molecule has 158 valence electrons. The summed E-state index contributed by atoms with van der Waals surface area (Å²) >= 11 is 1.47. The lowest BCUT2D eigenvalue weighted by molar-refractivity contribution is -0.119. The summed E-state index contributed by atoms with van der Waals surface area (Å²) in [6.45, 7) is 0.263. The van der Waals surface area contributed by atoms with Crippen LogP contribution in [0.25, 0.3) is 0 Å². The Bertz CT molecular complexity index is 1120. The third kappa shape index (κ3) is 4.69. The standard InChI is InChI=1S/C21H18FN5O3S/c22-13-5-7-15(8-6-13)27-18(20(23)28)9-17(26-27)21(29)25-16-3-1-2-4-19(16)30-10-14-11-31-12-24-14/h1-8,11-12,18H,9-10H2,(H2,23,28)(H,25,29). The summed E-state index contributed by atoms with van der Waals surface area (Å²) in [4.78, 5) is 28.9. The Morgan fingerprint density at radius 3 is 2.71 bits per heavy atom. The van der Waals surface area contributed by atoms with E-state index in [0.29, 0.717) is 17.1 Å². The Kier molecular flexibility index (Phi) is 5.89. The number of carbonyl (C=O) groups excluding carboxylic acids is 2. The van der Waals surface area contributed by atoms with E-state index in [1.165, 1.54) is 40.6 Å². The number of benzene rings is 2. The highest BCUT2D eigenvalue weighted by Gasteiger charge is 2.35. The van der Waals surface area contributed by atoms with Crippen LogP contribution in [-0.4, -0.2) is 28.6 Å². The highest BCUT2D eigenvalue weighted by Crippen LogP contribution is 2.28. The van der Waals surface area contributed by atoms with Gasteiger partial charge in [0.15, 0.2) is 0 Å². The molecule has 0 saturated heterocycles. The van der Waals surface area contributed by atoms with E-state index in [1.54, 1.807) is 29.8 Å². The Morgan fingerprint density at radius 2 is 2.00 bits per heavy atom. The van der Waals surface area contributed by atoms with E-state index in [1.807, 2.05) is 5.38 Å². The maximum atomic E-state index is 13.2. The molecule has 10 heteroatoms. The van der Waals surface area contributed by atoms with Crippen molar-refractivity contribution in [3.05, 3.63) is 70.9 Å². The molecule has 3 aromatic rings. The van der Waals surface area contributed by atoms with Crippen LogP contribution in [0.4, 0.5) is 15.8 Å². The van der Waals surface area contributed by atoms with Crippen molar-refractivity contribution >= 4 is 40.2 Å². The van der Waals surface area contributed by atoms with Crippen LogP contribution in [-0.2, 0) is 16.2 Å². The summed E-state index contributed by atoms with van der Waals surface area (Å²) in [6, 6.07) is 11.6. The number of primary amides is 1. The molecule has 1 aliphatic heterocycles. The molecule has 0 bridgehead atoms. The van der Waals surface area contributed by atoms with Crippen LogP contribution in [0.3, 0.4) is 0 Å². The lowest BCUT2D eigenvalue weighted by atomic mass is 10.1. The molecule has 1 aliphatic rings. The van der Waals surface area contributed by atoms with Gasteiger partial charge < -0.3 is 15.8 Å². The van der Waals surface area contributed by atoms with Crippen LogP contribution in [0.2, 0.25) is 0 Å². The number of nitrogens with one attached hydrogen (secondary N) is 1. The number of nitrogens with zero attached hydrogens (tertiary/aromatic N) is 3. The second-order valence-corrected chi connectivity index (χ2v) is 7.43. The van der Waals surface area contributed by atoms with Gasteiger partial charge in [0.2, 0.25) is 5.91 Å². The quantitative estimate of drug-likeness (QED) is 0.588. The van der Waals surface area contributed by atoms with Crippen molar-refractivity contribution in [1.82, 2.24) is 4.98 Å². The molecule has 1 unspecified atom stereocenters. The predicted octanol–water partition coefficient (Wildman–Crippen LogP) is 2.92. The number of thiazole rings is 1. The van der Waals surface area contributed by atoms with E-state index < -0.39 is 23.7 Å². The Hall–Kier alpha value is -3.79. The number of aromatic nitrogens is 1. The summed E-state index contributed by atoms with van der Waals surface area (Å²) in [7, 11) is 0. The molecule has 0 saturated carbocycles. The SMILES string of the molecule is NC(=O)C1CC(C(=O)Nc2ccccc2OCc2cscn2)=NN1c1ccc(F)cc1. The number of ether oxygens (including phenoxy) is 1. The Labute approximate surface area is 181 Å². The zero-order valence-corrected chi connectivity index (χ0v) is 17.0. The van der Waals surface area contributed by atoms with Gasteiger partial charge in [-0.1, -0.05) is 12.1 Å². The normalized spacial score (nSPS) is 15.5. The van der Waals surface area contributed by atoms with Gasteiger partial charge in [0, 0.05) is 11.8 Å². The van der Waals surface area contributed by atoms with Crippen LogP contribution in [0.5, 0.6) is 5.75 Å². The third-order valence-electron chi connectivity index (χ3n) is 4.59. The van der Waals surface area contributed by atoms with Gasteiger partial charge in [-0.05, 0) is 36.4 Å². The van der Waals surface area contributed by atoms with Crippen molar-refractivity contribution in [3.8, 4) is 5.75 Å². The predicted molar refractivity (Wildman–Crippen MR) is 115 cm³/mol. The van der Waals surface area contributed by atoms with Gasteiger partial charge in [-0.3, -0.25) is 14.6 Å². The summed E-state index contributed by atoms with van der Waals surface area (Å²) in [6.07, 6.45) is 0.0282. The highest BCUT2D eigenvalue weighted by molar-refractivity contribution is 7.07. The first-order chi connectivity index (χ1) is 15.0. The number of carbonyl (C=O) groups is 2. The second kappa shape index (κ2) is 8.92. The number of para-hydroxylation sites is 2. The number of hydrogen-bond donors (Lipinski definition) is 2. The van der Waals surface area contributed by atoms with E-state index in [4.69, 9.17) is 10.5 Å². The number of hydrogen-bond acceptors (Lipinski definition) is 7.